The zero-order chi connectivity index (χ0) is 12.4. The van der Waals surface area contributed by atoms with Crippen LogP contribution >= 0.6 is 0 Å². The molecule has 1 unspecified atom stereocenters. The van der Waals surface area contributed by atoms with E-state index in [2.05, 4.69) is 0 Å². The highest BCUT2D eigenvalue weighted by Gasteiger charge is 2.64. The predicted molar refractivity (Wildman–Crippen MR) is 64.4 cm³/mol. The number of halogens is 3. The minimum Gasteiger partial charge on any atom is -0.171 e. The van der Waals surface area contributed by atoms with Crippen molar-refractivity contribution < 1.29 is 13.2 Å². The first-order valence-corrected chi connectivity index (χ1v) is 9.08. The molecule has 4 heteroatoms. The van der Waals surface area contributed by atoms with Gasteiger partial charge in [-0.2, -0.15) is 13.2 Å². The number of rotatable bonds is 3. The molecule has 0 radical (unpaired) electrons. The van der Waals surface area contributed by atoms with Crippen LogP contribution in [0.4, 0.5) is 13.2 Å². The van der Waals surface area contributed by atoms with Gasteiger partial charge in [-0.15, -0.1) is 0 Å². The second-order valence-electron chi connectivity index (χ2n) is 5.13. The zero-order valence-electron chi connectivity index (χ0n) is 10.6. The van der Waals surface area contributed by atoms with Crippen molar-refractivity contribution in [2.24, 2.45) is 0 Å². The molecule has 0 bridgehead atoms. The Balaban J connectivity index is 3.21. The molecular formula is C12H23F3Si. The van der Waals surface area contributed by atoms with Crippen molar-refractivity contribution in [3.8, 4) is 0 Å². The van der Waals surface area contributed by atoms with Gasteiger partial charge in [-0.05, 0) is 12.8 Å². The Hall–Kier alpha value is 0.00688. The van der Waals surface area contributed by atoms with Crippen molar-refractivity contribution in [2.75, 3.05) is 0 Å². The van der Waals surface area contributed by atoms with Crippen molar-refractivity contribution in [1.82, 2.24) is 0 Å². The molecule has 1 rings (SSSR count). The Morgan fingerprint density at radius 2 is 1.62 bits per heavy atom. The third kappa shape index (κ3) is 1.83. The maximum atomic E-state index is 13.5. The Labute approximate surface area is 97.6 Å². The molecule has 1 atom stereocenters. The van der Waals surface area contributed by atoms with Gasteiger partial charge in [0.15, 0.2) is 0 Å². The Kier molecular flexibility index (Phi) is 4.14. The fraction of sp³-hybridized carbons (Fsp3) is 1.00. The molecule has 0 aliphatic carbocycles. The quantitative estimate of drug-likeness (QED) is 0.592. The Morgan fingerprint density at radius 3 is 1.94 bits per heavy atom. The van der Waals surface area contributed by atoms with E-state index in [1.165, 1.54) is 0 Å². The van der Waals surface area contributed by atoms with Crippen LogP contribution in [0.1, 0.15) is 46.5 Å². The van der Waals surface area contributed by atoms with Gasteiger partial charge in [-0.1, -0.05) is 51.7 Å². The molecule has 1 saturated heterocycles. The van der Waals surface area contributed by atoms with Crippen molar-refractivity contribution in [3.05, 3.63) is 0 Å². The van der Waals surface area contributed by atoms with Crippen molar-refractivity contribution in [3.63, 3.8) is 0 Å². The van der Waals surface area contributed by atoms with E-state index in [9.17, 15) is 13.2 Å². The molecule has 0 nitrogen and oxygen atoms in total. The summed E-state index contributed by atoms with van der Waals surface area (Å²) in [5, 5.41) is -1.29. The molecule has 0 saturated carbocycles. The highest BCUT2D eigenvalue weighted by atomic mass is 28.3. The standard InChI is InChI=1S/C12H23F3Si/c1-4-11(12(13,14)15)9-7-8-10-16(11,5-2)6-3/h4-10H2,1-3H3. The Bertz CT molecular complexity index is 233. The fourth-order valence-corrected chi connectivity index (χ4v) is 9.89. The van der Waals surface area contributed by atoms with Gasteiger partial charge in [0.1, 0.15) is 0 Å². The van der Waals surface area contributed by atoms with E-state index in [0.29, 0.717) is 12.8 Å². The number of hydrogen-bond donors (Lipinski definition) is 0. The Morgan fingerprint density at radius 1 is 1.06 bits per heavy atom. The lowest BCUT2D eigenvalue weighted by molar-refractivity contribution is -0.173. The SMILES string of the molecule is CCC1(C(F)(F)F)CCCC[Si]1(CC)CC. The molecule has 1 fully saturated rings. The second-order valence-corrected chi connectivity index (χ2v) is 10.6. The van der Waals surface area contributed by atoms with E-state index >= 15 is 0 Å². The molecule has 1 aliphatic rings. The van der Waals surface area contributed by atoms with Gasteiger partial charge < -0.3 is 0 Å². The van der Waals surface area contributed by atoms with Crippen LogP contribution in [0.5, 0.6) is 0 Å². The lowest BCUT2D eigenvalue weighted by Gasteiger charge is -2.52. The predicted octanol–water partition coefficient (Wildman–Crippen LogP) is 5.37. The molecule has 1 aliphatic heterocycles. The molecule has 0 N–H and O–H groups in total. The minimum absolute atomic E-state index is 0.296. The highest BCUT2D eigenvalue weighted by molar-refractivity contribution is 6.83. The first kappa shape index (κ1) is 14.1. The van der Waals surface area contributed by atoms with E-state index in [-0.39, 0.29) is 0 Å². The van der Waals surface area contributed by atoms with Crippen LogP contribution < -0.4 is 0 Å². The van der Waals surface area contributed by atoms with Gasteiger partial charge >= 0.3 is 6.18 Å². The van der Waals surface area contributed by atoms with Crippen LogP contribution in [0.15, 0.2) is 0 Å². The largest absolute Gasteiger partial charge is 0.392 e. The lowest BCUT2D eigenvalue weighted by atomic mass is 9.96. The lowest BCUT2D eigenvalue weighted by Crippen LogP contribution is -2.56. The van der Waals surface area contributed by atoms with Crippen LogP contribution in [0, 0.1) is 0 Å². The van der Waals surface area contributed by atoms with Gasteiger partial charge in [0, 0.05) is 0 Å². The summed E-state index contributed by atoms with van der Waals surface area (Å²) in [6, 6.07) is 2.46. The number of hydrogen-bond acceptors (Lipinski definition) is 0. The topological polar surface area (TPSA) is 0 Å². The summed E-state index contributed by atoms with van der Waals surface area (Å²) >= 11 is 0. The van der Waals surface area contributed by atoms with E-state index < -0.39 is 19.3 Å². The summed E-state index contributed by atoms with van der Waals surface area (Å²) in [5.74, 6) is 0. The first-order chi connectivity index (χ1) is 7.39. The normalized spacial score (nSPS) is 30.4. The maximum Gasteiger partial charge on any atom is 0.392 e. The molecule has 0 aromatic carbocycles. The molecular weight excluding hydrogens is 229 g/mol. The summed E-state index contributed by atoms with van der Waals surface area (Å²) in [6.07, 6.45) is -1.51. The highest BCUT2D eigenvalue weighted by Crippen LogP contribution is 2.63. The molecule has 0 aromatic rings. The second kappa shape index (κ2) is 4.71. The molecule has 16 heavy (non-hydrogen) atoms. The van der Waals surface area contributed by atoms with Crippen LogP contribution in [0.25, 0.3) is 0 Å². The van der Waals surface area contributed by atoms with Gasteiger partial charge in [0.25, 0.3) is 0 Å². The summed E-state index contributed by atoms with van der Waals surface area (Å²) in [6.45, 7) is 5.71. The molecule has 0 amide bonds. The van der Waals surface area contributed by atoms with Crippen LogP contribution in [0.3, 0.4) is 0 Å². The molecule has 0 aromatic heterocycles. The van der Waals surface area contributed by atoms with Gasteiger partial charge in [0.05, 0.1) is 13.1 Å². The van der Waals surface area contributed by atoms with Gasteiger partial charge in [-0.3, -0.25) is 0 Å². The average Bonchev–Trinajstić information content (AvgIpc) is 2.27. The van der Waals surface area contributed by atoms with Crippen LogP contribution in [-0.2, 0) is 0 Å². The summed E-state index contributed by atoms with van der Waals surface area (Å²) in [5.41, 5.74) is 0. The van der Waals surface area contributed by atoms with Crippen molar-refractivity contribution in [2.45, 2.75) is 75.8 Å². The third-order valence-electron chi connectivity index (χ3n) is 5.02. The summed E-state index contributed by atoms with van der Waals surface area (Å²) in [4.78, 5) is 0. The van der Waals surface area contributed by atoms with E-state index in [1.807, 2.05) is 13.8 Å². The smallest absolute Gasteiger partial charge is 0.171 e. The summed E-state index contributed by atoms with van der Waals surface area (Å²) < 4.78 is 40.5. The van der Waals surface area contributed by atoms with Crippen LogP contribution in [-0.4, -0.2) is 14.3 Å². The van der Waals surface area contributed by atoms with Crippen molar-refractivity contribution >= 4 is 8.07 Å². The average molecular weight is 252 g/mol. The minimum atomic E-state index is -3.99. The number of alkyl halides is 3. The zero-order valence-corrected chi connectivity index (χ0v) is 11.6. The van der Waals surface area contributed by atoms with E-state index in [4.69, 9.17) is 0 Å². The monoisotopic (exact) mass is 252 g/mol. The molecule has 0 spiro atoms. The third-order valence-corrected chi connectivity index (χ3v) is 12.0. The van der Waals surface area contributed by atoms with Gasteiger partial charge in [-0.25, -0.2) is 0 Å². The summed E-state index contributed by atoms with van der Waals surface area (Å²) in [7, 11) is -2.17. The molecule has 96 valence electrons. The van der Waals surface area contributed by atoms with Gasteiger partial charge in [0.2, 0.25) is 0 Å². The fourth-order valence-electron chi connectivity index (χ4n) is 3.87. The van der Waals surface area contributed by atoms with Crippen LogP contribution in [0.2, 0.25) is 23.2 Å². The maximum absolute atomic E-state index is 13.5. The van der Waals surface area contributed by atoms with E-state index in [1.54, 1.807) is 6.92 Å². The molecule has 1 heterocycles. The van der Waals surface area contributed by atoms with Crippen molar-refractivity contribution in [1.29, 1.82) is 0 Å². The first-order valence-electron chi connectivity index (χ1n) is 6.46. The van der Waals surface area contributed by atoms with E-state index in [0.717, 1.165) is 31.0 Å².